The van der Waals surface area contributed by atoms with E-state index < -0.39 is 17.6 Å². The Labute approximate surface area is 99.9 Å². The SMILES string of the molecule is CC(=O)O[C@H]1CCCC(=O)[C@@]12CCCC(=O)N2. The minimum absolute atomic E-state index is 0.00282. The molecule has 17 heavy (non-hydrogen) atoms. The number of amides is 1. The van der Waals surface area contributed by atoms with Gasteiger partial charge in [-0.15, -0.1) is 0 Å². The first-order valence-corrected chi connectivity index (χ1v) is 6.06. The number of carbonyl (C=O) groups is 3. The van der Waals surface area contributed by atoms with Gasteiger partial charge in [-0.05, 0) is 25.7 Å². The summed E-state index contributed by atoms with van der Waals surface area (Å²) in [7, 11) is 0. The predicted molar refractivity (Wildman–Crippen MR) is 59.1 cm³/mol. The lowest BCUT2D eigenvalue weighted by Gasteiger charge is -2.44. The Morgan fingerprint density at radius 3 is 2.76 bits per heavy atom. The van der Waals surface area contributed by atoms with Gasteiger partial charge in [-0.2, -0.15) is 0 Å². The molecule has 1 N–H and O–H groups in total. The average Bonchev–Trinajstić information content (AvgIpc) is 2.25. The van der Waals surface area contributed by atoms with E-state index in [9.17, 15) is 14.4 Å². The summed E-state index contributed by atoms with van der Waals surface area (Å²) < 4.78 is 5.23. The molecule has 0 aromatic heterocycles. The fraction of sp³-hybridized carbons (Fsp3) is 0.750. The summed E-state index contributed by atoms with van der Waals surface area (Å²) in [5.41, 5.74) is -0.945. The highest BCUT2D eigenvalue weighted by molar-refractivity contribution is 5.95. The second kappa shape index (κ2) is 4.47. The molecule has 1 spiro atoms. The number of esters is 1. The smallest absolute Gasteiger partial charge is 0.303 e. The van der Waals surface area contributed by atoms with E-state index in [0.29, 0.717) is 38.5 Å². The van der Waals surface area contributed by atoms with Crippen molar-refractivity contribution in [2.24, 2.45) is 0 Å². The second-order valence-electron chi connectivity index (χ2n) is 4.79. The van der Waals surface area contributed by atoms with Crippen molar-refractivity contribution in [2.75, 3.05) is 0 Å². The highest BCUT2D eigenvalue weighted by atomic mass is 16.5. The maximum Gasteiger partial charge on any atom is 0.303 e. The van der Waals surface area contributed by atoms with E-state index in [1.54, 1.807) is 0 Å². The second-order valence-corrected chi connectivity index (χ2v) is 4.79. The van der Waals surface area contributed by atoms with Crippen molar-refractivity contribution in [3.05, 3.63) is 0 Å². The molecule has 5 heteroatoms. The summed E-state index contributed by atoms with van der Waals surface area (Å²) >= 11 is 0. The average molecular weight is 239 g/mol. The van der Waals surface area contributed by atoms with Crippen LogP contribution in [0.3, 0.4) is 0 Å². The van der Waals surface area contributed by atoms with Gasteiger partial charge in [0.25, 0.3) is 0 Å². The van der Waals surface area contributed by atoms with Crippen LogP contribution in [0.15, 0.2) is 0 Å². The van der Waals surface area contributed by atoms with Gasteiger partial charge in [0.1, 0.15) is 11.6 Å². The van der Waals surface area contributed by atoms with Crippen molar-refractivity contribution in [2.45, 2.75) is 57.1 Å². The van der Waals surface area contributed by atoms with Crippen LogP contribution in [0.2, 0.25) is 0 Å². The molecular formula is C12H17NO4. The molecule has 5 nitrogen and oxygen atoms in total. The Balaban J connectivity index is 2.25. The van der Waals surface area contributed by atoms with E-state index in [-0.39, 0.29) is 11.7 Å². The lowest BCUT2D eigenvalue weighted by Crippen LogP contribution is -2.66. The van der Waals surface area contributed by atoms with Crippen molar-refractivity contribution in [1.82, 2.24) is 5.32 Å². The van der Waals surface area contributed by atoms with Gasteiger partial charge in [0.05, 0.1) is 0 Å². The Hall–Kier alpha value is -1.39. The zero-order chi connectivity index (χ0) is 12.5. The number of rotatable bonds is 1. The monoisotopic (exact) mass is 239 g/mol. The third kappa shape index (κ3) is 2.18. The van der Waals surface area contributed by atoms with Crippen molar-refractivity contribution in [1.29, 1.82) is 0 Å². The summed E-state index contributed by atoms with van der Waals surface area (Å²) in [5, 5.41) is 2.77. The van der Waals surface area contributed by atoms with Crippen molar-refractivity contribution in [3.8, 4) is 0 Å². The van der Waals surface area contributed by atoms with Gasteiger partial charge in [-0.25, -0.2) is 0 Å². The molecule has 2 atom stereocenters. The molecular weight excluding hydrogens is 222 g/mol. The topological polar surface area (TPSA) is 72.5 Å². The highest BCUT2D eigenvalue weighted by Crippen LogP contribution is 2.34. The molecule has 0 unspecified atom stereocenters. The fourth-order valence-electron chi connectivity index (χ4n) is 2.81. The zero-order valence-corrected chi connectivity index (χ0v) is 9.95. The molecule has 1 aliphatic heterocycles. The molecule has 1 saturated carbocycles. The molecule has 0 aromatic carbocycles. The van der Waals surface area contributed by atoms with Crippen LogP contribution in [-0.2, 0) is 19.1 Å². The van der Waals surface area contributed by atoms with Crippen molar-refractivity contribution in [3.63, 3.8) is 0 Å². The number of ketones is 1. The molecule has 2 rings (SSSR count). The largest absolute Gasteiger partial charge is 0.460 e. The third-order valence-electron chi connectivity index (χ3n) is 3.56. The minimum Gasteiger partial charge on any atom is -0.460 e. The normalized spacial score (nSPS) is 33.4. The van der Waals surface area contributed by atoms with Gasteiger partial charge in [-0.1, -0.05) is 0 Å². The number of nitrogens with one attached hydrogen (secondary N) is 1. The first-order chi connectivity index (χ1) is 8.04. The highest BCUT2D eigenvalue weighted by Gasteiger charge is 2.51. The molecule has 1 saturated heterocycles. The fourth-order valence-corrected chi connectivity index (χ4v) is 2.81. The molecule has 1 heterocycles. The lowest BCUT2D eigenvalue weighted by atomic mass is 9.73. The Kier molecular flexibility index (Phi) is 3.17. The maximum atomic E-state index is 12.1. The van der Waals surface area contributed by atoms with Gasteiger partial charge in [-0.3, -0.25) is 14.4 Å². The predicted octanol–water partition coefficient (Wildman–Crippen LogP) is 0.710. The summed E-state index contributed by atoms with van der Waals surface area (Å²) in [6, 6.07) is 0. The molecule has 2 aliphatic rings. The summed E-state index contributed by atoms with van der Waals surface area (Å²) in [6.07, 6.45) is 3.02. The van der Waals surface area contributed by atoms with Crippen LogP contribution in [0.4, 0.5) is 0 Å². The first-order valence-electron chi connectivity index (χ1n) is 6.06. The van der Waals surface area contributed by atoms with Gasteiger partial charge in [0.2, 0.25) is 5.91 Å². The van der Waals surface area contributed by atoms with Crippen LogP contribution in [0.5, 0.6) is 0 Å². The van der Waals surface area contributed by atoms with E-state index >= 15 is 0 Å². The van der Waals surface area contributed by atoms with E-state index in [4.69, 9.17) is 4.74 Å². The van der Waals surface area contributed by atoms with Crippen LogP contribution >= 0.6 is 0 Å². The standard InChI is InChI=1S/C12H17NO4/c1-8(14)17-10-5-2-4-9(15)12(10)7-3-6-11(16)13-12/h10H,2-7H2,1H3,(H,13,16)/t10-,12-/m0/s1. The van der Waals surface area contributed by atoms with E-state index in [0.717, 1.165) is 0 Å². The Bertz CT molecular complexity index is 366. The van der Waals surface area contributed by atoms with Crippen LogP contribution in [0.25, 0.3) is 0 Å². The molecule has 94 valence electrons. The van der Waals surface area contributed by atoms with E-state index in [1.807, 2.05) is 0 Å². The third-order valence-corrected chi connectivity index (χ3v) is 3.56. The molecule has 2 fully saturated rings. The first kappa shape index (κ1) is 12.1. The van der Waals surface area contributed by atoms with E-state index in [2.05, 4.69) is 5.32 Å². The summed E-state index contributed by atoms with van der Waals surface area (Å²) in [5.74, 6) is -0.518. The van der Waals surface area contributed by atoms with Crippen molar-refractivity contribution >= 4 is 17.7 Å². The number of carbonyl (C=O) groups excluding carboxylic acids is 3. The summed E-state index contributed by atoms with van der Waals surface area (Å²) in [4.78, 5) is 34.7. The molecule has 0 aromatic rings. The number of Topliss-reactive ketones (excluding diaryl/α,β-unsaturated/α-hetero) is 1. The zero-order valence-electron chi connectivity index (χ0n) is 9.95. The van der Waals surface area contributed by atoms with E-state index in [1.165, 1.54) is 6.92 Å². The van der Waals surface area contributed by atoms with Crippen LogP contribution in [-0.4, -0.2) is 29.3 Å². The van der Waals surface area contributed by atoms with Gasteiger partial charge < -0.3 is 10.1 Å². The van der Waals surface area contributed by atoms with Gasteiger partial charge >= 0.3 is 5.97 Å². The lowest BCUT2D eigenvalue weighted by molar-refractivity contribution is -0.161. The quantitative estimate of drug-likeness (QED) is 0.684. The minimum atomic E-state index is -0.945. The van der Waals surface area contributed by atoms with Gasteiger partial charge in [0.15, 0.2) is 5.78 Å². The number of ether oxygens (including phenoxy) is 1. The number of piperidine rings is 1. The van der Waals surface area contributed by atoms with Crippen LogP contribution < -0.4 is 5.32 Å². The summed E-state index contributed by atoms with van der Waals surface area (Å²) in [6.45, 7) is 1.33. The molecule has 0 bridgehead atoms. The number of hydrogen-bond acceptors (Lipinski definition) is 4. The van der Waals surface area contributed by atoms with Crippen LogP contribution in [0, 0.1) is 0 Å². The Morgan fingerprint density at radius 1 is 1.35 bits per heavy atom. The Morgan fingerprint density at radius 2 is 2.12 bits per heavy atom. The van der Waals surface area contributed by atoms with Crippen LogP contribution in [0.1, 0.15) is 45.4 Å². The molecule has 0 radical (unpaired) electrons. The number of hydrogen-bond donors (Lipinski definition) is 1. The molecule has 1 aliphatic carbocycles. The van der Waals surface area contributed by atoms with Crippen molar-refractivity contribution < 1.29 is 19.1 Å². The maximum absolute atomic E-state index is 12.1. The van der Waals surface area contributed by atoms with Gasteiger partial charge in [0, 0.05) is 19.8 Å². The molecule has 1 amide bonds.